The fraction of sp³-hybridized carbons (Fsp3) is 0.211. The number of carbonyl (C=O) groups is 1. The Bertz CT molecular complexity index is 1220. The van der Waals surface area contributed by atoms with Gasteiger partial charge in [0.2, 0.25) is 5.72 Å². The summed E-state index contributed by atoms with van der Waals surface area (Å²) in [5, 5.41) is 1.86. The first-order valence-electron chi connectivity index (χ1n) is 8.45. The van der Waals surface area contributed by atoms with Gasteiger partial charge in [0, 0.05) is 22.2 Å². The largest absolute Gasteiger partial charge is 0.294 e. The first-order chi connectivity index (χ1) is 13.4. The lowest BCUT2D eigenvalue weighted by atomic mass is 10.1. The molecule has 0 bridgehead atoms. The van der Waals surface area contributed by atoms with Crippen molar-refractivity contribution in [2.75, 3.05) is 6.26 Å². The second kappa shape index (κ2) is 7.91. The van der Waals surface area contributed by atoms with Crippen molar-refractivity contribution >= 4 is 61.7 Å². The minimum atomic E-state index is -3.98. The van der Waals surface area contributed by atoms with Gasteiger partial charge in [0.1, 0.15) is 0 Å². The molecule has 0 saturated heterocycles. The van der Waals surface area contributed by atoms with Crippen LogP contribution in [-0.4, -0.2) is 30.9 Å². The summed E-state index contributed by atoms with van der Waals surface area (Å²) in [4.78, 5) is 13.2. The van der Waals surface area contributed by atoms with Crippen LogP contribution in [0.4, 0.5) is 0 Å². The molecule has 0 aliphatic heterocycles. The maximum Gasteiger partial charge on any atom is 0.279 e. The van der Waals surface area contributed by atoms with E-state index in [0.29, 0.717) is 37.1 Å². The number of fused-ring (bicyclic) bond motifs is 1. The van der Waals surface area contributed by atoms with E-state index >= 15 is 0 Å². The van der Waals surface area contributed by atoms with E-state index in [2.05, 4.69) is 0 Å². The summed E-state index contributed by atoms with van der Waals surface area (Å²) in [6.07, 6.45) is 2.33. The molecule has 0 saturated carbocycles. The molecule has 2 N–H and O–H groups in total. The quantitative estimate of drug-likeness (QED) is 0.416. The molecule has 6 nitrogen and oxygen atoms in total. The highest BCUT2D eigenvalue weighted by molar-refractivity contribution is 7.86. The van der Waals surface area contributed by atoms with E-state index in [0.717, 1.165) is 6.26 Å². The first-order valence-corrected chi connectivity index (χ1v) is 11.4. The van der Waals surface area contributed by atoms with Gasteiger partial charge in [0.25, 0.3) is 16.0 Å². The fourth-order valence-electron chi connectivity index (χ4n) is 2.98. The number of hydrogen-bond donors (Lipinski definition) is 1. The van der Waals surface area contributed by atoms with Gasteiger partial charge in [-0.05, 0) is 42.3 Å². The van der Waals surface area contributed by atoms with Crippen molar-refractivity contribution in [1.29, 1.82) is 0 Å². The number of aromatic nitrogens is 1. The van der Waals surface area contributed by atoms with Gasteiger partial charge in [-0.2, -0.15) is 8.42 Å². The molecule has 0 aliphatic rings. The molecule has 10 heteroatoms. The standard InChI is InChI=1S/C19H17Cl3N2O4S/c1-3-19(23,28-29(2,26)27)18(25)24-10-14(11-4-6-15(21)16(22)8-11)13-9-12(20)5-7-17(13)24/h4-10H,3,23H2,1-2H3/t19-/m0/s1. The Kier molecular flexibility index (Phi) is 6.02. The Morgan fingerprint density at radius 2 is 1.83 bits per heavy atom. The zero-order chi connectivity index (χ0) is 21.6. The number of rotatable bonds is 5. The summed E-state index contributed by atoms with van der Waals surface area (Å²) >= 11 is 18.3. The van der Waals surface area contributed by atoms with Crippen LogP contribution >= 0.6 is 34.8 Å². The third-order valence-corrected chi connectivity index (χ3v) is 5.98. The third-order valence-electron chi connectivity index (χ3n) is 4.40. The molecular weight excluding hydrogens is 459 g/mol. The summed E-state index contributed by atoms with van der Waals surface area (Å²) in [7, 11) is -3.98. The number of nitrogens with zero attached hydrogens (tertiary/aromatic N) is 1. The lowest BCUT2D eigenvalue weighted by Gasteiger charge is -2.25. The molecular formula is C19H17Cl3N2O4S. The van der Waals surface area contributed by atoms with Gasteiger partial charge in [0.15, 0.2) is 0 Å². The van der Waals surface area contributed by atoms with E-state index in [1.54, 1.807) is 49.5 Å². The molecule has 0 aliphatic carbocycles. The zero-order valence-electron chi connectivity index (χ0n) is 15.4. The van der Waals surface area contributed by atoms with Crippen LogP contribution in [0.2, 0.25) is 15.1 Å². The van der Waals surface area contributed by atoms with Gasteiger partial charge in [-0.3, -0.25) is 15.1 Å². The van der Waals surface area contributed by atoms with Crippen molar-refractivity contribution in [3.8, 4) is 11.1 Å². The smallest absolute Gasteiger partial charge is 0.279 e. The average Bonchev–Trinajstić information content (AvgIpc) is 3.00. The van der Waals surface area contributed by atoms with Crippen molar-refractivity contribution in [3.05, 3.63) is 57.7 Å². The van der Waals surface area contributed by atoms with Gasteiger partial charge in [-0.1, -0.05) is 47.8 Å². The second-order valence-corrected chi connectivity index (χ2v) is 9.36. The van der Waals surface area contributed by atoms with Crippen LogP contribution in [0.5, 0.6) is 0 Å². The number of benzene rings is 2. The SMILES string of the molecule is CC[C@](N)(OS(C)(=O)=O)C(=O)n1cc(-c2ccc(Cl)c(Cl)c2)c2cc(Cl)ccc21. The highest BCUT2D eigenvalue weighted by Crippen LogP contribution is 2.36. The number of carbonyl (C=O) groups excluding carboxylic acids is 1. The minimum absolute atomic E-state index is 0.0612. The van der Waals surface area contributed by atoms with Gasteiger partial charge >= 0.3 is 0 Å². The Hall–Kier alpha value is -1.61. The highest BCUT2D eigenvalue weighted by Gasteiger charge is 2.39. The number of nitrogens with two attached hydrogens (primary N) is 1. The average molecular weight is 476 g/mol. The third kappa shape index (κ3) is 4.45. The Morgan fingerprint density at radius 3 is 2.41 bits per heavy atom. The van der Waals surface area contributed by atoms with Crippen LogP contribution in [0.15, 0.2) is 42.6 Å². The lowest BCUT2D eigenvalue weighted by Crippen LogP contribution is -2.53. The van der Waals surface area contributed by atoms with E-state index < -0.39 is 21.8 Å². The molecule has 29 heavy (non-hydrogen) atoms. The predicted octanol–water partition coefficient (Wildman–Crippen LogP) is 4.95. The van der Waals surface area contributed by atoms with Crippen LogP contribution in [0, 0.1) is 0 Å². The van der Waals surface area contributed by atoms with Crippen LogP contribution in [0.1, 0.15) is 18.1 Å². The van der Waals surface area contributed by atoms with Crippen LogP contribution in [0.3, 0.4) is 0 Å². The molecule has 0 amide bonds. The monoisotopic (exact) mass is 474 g/mol. The lowest BCUT2D eigenvalue weighted by molar-refractivity contribution is 0.0396. The van der Waals surface area contributed by atoms with Crippen molar-refractivity contribution in [2.24, 2.45) is 5.73 Å². The van der Waals surface area contributed by atoms with Crippen molar-refractivity contribution in [1.82, 2.24) is 4.57 Å². The normalized spacial score (nSPS) is 14.1. The summed E-state index contributed by atoms with van der Waals surface area (Å²) in [5.41, 5.74) is 5.80. The molecule has 0 radical (unpaired) electrons. The molecule has 1 atom stereocenters. The zero-order valence-corrected chi connectivity index (χ0v) is 18.5. The molecule has 0 unspecified atom stereocenters. The summed E-state index contributed by atoms with van der Waals surface area (Å²) in [6.45, 7) is 1.56. The summed E-state index contributed by atoms with van der Waals surface area (Å²) in [5.74, 6) is -0.732. The van der Waals surface area contributed by atoms with Gasteiger partial charge in [0.05, 0.1) is 21.8 Å². The maximum atomic E-state index is 13.2. The number of hydrogen-bond acceptors (Lipinski definition) is 5. The number of halogens is 3. The molecule has 3 rings (SSSR count). The summed E-state index contributed by atoms with van der Waals surface area (Å²) < 4.78 is 29.5. The first kappa shape index (κ1) is 22.1. The molecule has 2 aromatic carbocycles. The minimum Gasteiger partial charge on any atom is -0.294 e. The van der Waals surface area contributed by atoms with Gasteiger partial charge in [-0.15, -0.1) is 0 Å². The predicted molar refractivity (Wildman–Crippen MR) is 116 cm³/mol. The van der Waals surface area contributed by atoms with Crippen LogP contribution in [-0.2, 0) is 14.3 Å². The molecule has 0 fully saturated rings. The topological polar surface area (TPSA) is 91.4 Å². The van der Waals surface area contributed by atoms with Gasteiger partial charge in [-0.25, -0.2) is 4.18 Å². The Morgan fingerprint density at radius 1 is 1.14 bits per heavy atom. The maximum absolute atomic E-state index is 13.2. The molecule has 154 valence electrons. The van der Waals surface area contributed by atoms with Crippen LogP contribution in [0.25, 0.3) is 22.0 Å². The van der Waals surface area contributed by atoms with E-state index in [-0.39, 0.29) is 6.42 Å². The van der Waals surface area contributed by atoms with Crippen molar-refractivity contribution in [3.63, 3.8) is 0 Å². The fourth-order valence-corrected chi connectivity index (χ4v) is 4.18. The second-order valence-electron chi connectivity index (χ2n) is 6.54. The van der Waals surface area contributed by atoms with Gasteiger partial charge < -0.3 is 0 Å². The van der Waals surface area contributed by atoms with E-state index in [1.807, 2.05) is 0 Å². The molecule has 1 aromatic heterocycles. The van der Waals surface area contributed by atoms with E-state index in [4.69, 9.17) is 44.7 Å². The van der Waals surface area contributed by atoms with Crippen molar-refractivity contribution < 1.29 is 17.4 Å². The van der Waals surface area contributed by atoms with E-state index in [1.165, 1.54) is 4.57 Å². The highest BCUT2D eigenvalue weighted by atomic mass is 35.5. The van der Waals surface area contributed by atoms with Crippen LogP contribution < -0.4 is 5.73 Å². The molecule has 1 heterocycles. The molecule has 0 spiro atoms. The Balaban J connectivity index is 2.24. The summed E-state index contributed by atoms with van der Waals surface area (Å²) in [6, 6.07) is 10.0. The molecule has 3 aromatic rings. The Labute approximate surface area is 183 Å². The van der Waals surface area contributed by atoms with Crippen molar-refractivity contribution in [2.45, 2.75) is 19.1 Å². The van der Waals surface area contributed by atoms with E-state index in [9.17, 15) is 13.2 Å².